The van der Waals surface area contributed by atoms with Crippen LogP contribution in [0.25, 0.3) is 0 Å². The van der Waals surface area contributed by atoms with E-state index in [4.69, 9.17) is 27.9 Å². The van der Waals surface area contributed by atoms with E-state index in [-0.39, 0.29) is 28.6 Å². The summed E-state index contributed by atoms with van der Waals surface area (Å²) >= 11 is 12.4. The van der Waals surface area contributed by atoms with Crippen molar-refractivity contribution in [3.63, 3.8) is 0 Å². The summed E-state index contributed by atoms with van der Waals surface area (Å²) < 4.78 is 48.1. The van der Waals surface area contributed by atoms with Crippen molar-refractivity contribution in [3.05, 3.63) is 124 Å². The molecule has 2 amide bonds. The second-order valence-corrected chi connectivity index (χ2v) is 13.1. The minimum Gasteiger partial charge on any atom is -0.497 e. The van der Waals surface area contributed by atoms with Gasteiger partial charge in [0.1, 0.15) is 24.2 Å². The lowest BCUT2D eigenvalue weighted by Gasteiger charge is -2.34. The largest absolute Gasteiger partial charge is 0.497 e. The Kier molecular flexibility index (Phi) is 12.0. The number of amides is 2. The highest BCUT2D eigenvalue weighted by Crippen LogP contribution is 2.28. The number of nitrogens with zero attached hydrogens (tertiary/aromatic N) is 2. The zero-order valence-corrected chi connectivity index (χ0v) is 27.7. The molecule has 0 fully saturated rings. The van der Waals surface area contributed by atoms with Crippen molar-refractivity contribution in [1.29, 1.82) is 0 Å². The van der Waals surface area contributed by atoms with Crippen LogP contribution in [0.15, 0.2) is 102 Å². The van der Waals surface area contributed by atoms with E-state index in [0.717, 1.165) is 22.0 Å². The van der Waals surface area contributed by atoms with Crippen molar-refractivity contribution >= 4 is 50.7 Å². The molecule has 46 heavy (non-hydrogen) atoms. The molecule has 0 unspecified atom stereocenters. The first-order valence-electron chi connectivity index (χ1n) is 14.5. The Morgan fingerprint density at radius 1 is 0.891 bits per heavy atom. The van der Waals surface area contributed by atoms with Crippen LogP contribution in [0.4, 0.5) is 10.1 Å². The van der Waals surface area contributed by atoms with Crippen LogP contribution in [0.3, 0.4) is 0 Å². The van der Waals surface area contributed by atoms with Crippen molar-refractivity contribution in [2.75, 3.05) is 24.5 Å². The van der Waals surface area contributed by atoms with E-state index in [1.165, 1.54) is 48.4 Å². The molecule has 1 atom stereocenters. The van der Waals surface area contributed by atoms with Crippen molar-refractivity contribution in [2.24, 2.45) is 0 Å². The monoisotopic (exact) mass is 685 g/mol. The van der Waals surface area contributed by atoms with Gasteiger partial charge in [-0.1, -0.05) is 66.5 Å². The predicted molar refractivity (Wildman–Crippen MR) is 178 cm³/mol. The van der Waals surface area contributed by atoms with Crippen molar-refractivity contribution in [1.82, 2.24) is 10.2 Å². The van der Waals surface area contributed by atoms with Gasteiger partial charge < -0.3 is 15.0 Å². The molecular weight excluding hydrogens is 652 g/mol. The highest BCUT2D eigenvalue weighted by Gasteiger charge is 2.34. The molecule has 1 N–H and O–H groups in total. The smallest absolute Gasteiger partial charge is 0.264 e. The average molecular weight is 687 g/mol. The fraction of sp³-hybridized carbons (Fsp3) is 0.235. The van der Waals surface area contributed by atoms with Gasteiger partial charge in [-0.05, 0) is 78.2 Å². The number of hydrogen-bond acceptors (Lipinski definition) is 5. The fourth-order valence-electron chi connectivity index (χ4n) is 4.77. The van der Waals surface area contributed by atoms with Gasteiger partial charge in [0.05, 0.1) is 27.7 Å². The molecule has 0 aliphatic rings. The summed E-state index contributed by atoms with van der Waals surface area (Å²) in [6.07, 6.45) is 0.828. The van der Waals surface area contributed by atoms with Crippen LogP contribution in [-0.2, 0) is 32.6 Å². The van der Waals surface area contributed by atoms with Crippen LogP contribution in [0.5, 0.6) is 5.75 Å². The number of carbonyl (C=O) groups excluding carboxylic acids is 2. The fourth-order valence-corrected chi connectivity index (χ4v) is 6.50. The molecule has 4 aromatic rings. The number of carbonyl (C=O) groups is 2. The van der Waals surface area contributed by atoms with E-state index in [9.17, 15) is 22.4 Å². The average Bonchev–Trinajstić information content (AvgIpc) is 3.06. The lowest BCUT2D eigenvalue weighted by atomic mass is 10.0. The molecule has 0 bridgehead atoms. The number of halogens is 3. The number of nitrogens with one attached hydrogen (secondary N) is 1. The third-order valence-electron chi connectivity index (χ3n) is 7.20. The third kappa shape index (κ3) is 8.78. The van der Waals surface area contributed by atoms with Gasteiger partial charge in [-0.15, -0.1) is 0 Å². The van der Waals surface area contributed by atoms with Crippen LogP contribution >= 0.6 is 23.2 Å². The van der Waals surface area contributed by atoms with E-state index in [1.54, 1.807) is 18.2 Å². The quantitative estimate of drug-likeness (QED) is 0.163. The molecule has 0 radical (unpaired) electrons. The van der Waals surface area contributed by atoms with E-state index in [1.807, 2.05) is 37.3 Å². The second kappa shape index (κ2) is 15.9. The maximum absolute atomic E-state index is 14.4. The Hall–Kier alpha value is -4.12. The van der Waals surface area contributed by atoms with Gasteiger partial charge in [-0.25, -0.2) is 12.8 Å². The van der Waals surface area contributed by atoms with E-state index < -0.39 is 40.2 Å². The first kappa shape index (κ1) is 34.7. The number of anilines is 1. The second-order valence-electron chi connectivity index (χ2n) is 10.4. The molecule has 242 valence electrons. The van der Waals surface area contributed by atoms with Crippen LogP contribution in [0.2, 0.25) is 10.0 Å². The molecular formula is C34H34Cl2FN3O5S. The molecule has 4 rings (SSSR count). The number of ether oxygens (including phenoxy) is 1. The molecule has 0 spiro atoms. The number of benzene rings is 4. The zero-order valence-electron chi connectivity index (χ0n) is 25.3. The summed E-state index contributed by atoms with van der Waals surface area (Å²) in [6.45, 7) is 1.53. The highest BCUT2D eigenvalue weighted by molar-refractivity contribution is 7.92. The SMILES string of the molecule is CCCNC(=O)[C@@H](Cc1ccccc1)N(Cc1ccc(Cl)c(Cl)c1)C(=O)CN(c1ccc(F)cc1)S(=O)(=O)c1ccc(OC)cc1. The molecule has 0 aliphatic carbocycles. The molecule has 8 nitrogen and oxygen atoms in total. The summed E-state index contributed by atoms with van der Waals surface area (Å²) in [7, 11) is -2.90. The van der Waals surface area contributed by atoms with Crippen LogP contribution in [0, 0.1) is 5.82 Å². The van der Waals surface area contributed by atoms with Gasteiger partial charge in [0.25, 0.3) is 10.0 Å². The van der Waals surface area contributed by atoms with Gasteiger partial charge >= 0.3 is 0 Å². The van der Waals surface area contributed by atoms with Crippen molar-refractivity contribution in [3.8, 4) is 5.75 Å². The molecule has 4 aromatic carbocycles. The number of sulfonamides is 1. The van der Waals surface area contributed by atoms with E-state index in [2.05, 4.69) is 5.32 Å². The maximum Gasteiger partial charge on any atom is 0.264 e. The van der Waals surface area contributed by atoms with E-state index >= 15 is 0 Å². The zero-order chi connectivity index (χ0) is 33.3. The van der Waals surface area contributed by atoms with Crippen LogP contribution < -0.4 is 14.4 Å². The normalized spacial score (nSPS) is 11.8. The topological polar surface area (TPSA) is 96.0 Å². The van der Waals surface area contributed by atoms with Gasteiger partial charge in [-0.3, -0.25) is 13.9 Å². The Balaban J connectivity index is 1.80. The lowest BCUT2D eigenvalue weighted by molar-refractivity contribution is -0.140. The first-order valence-corrected chi connectivity index (χ1v) is 16.7. The van der Waals surface area contributed by atoms with Crippen molar-refractivity contribution < 1.29 is 27.1 Å². The summed E-state index contributed by atoms with van der Waals surface area (Å²) in [6, 6.07) is 23.5. The minimum atomic E-state index is -4.36. The summed E-state index contributed by atoms with van der Waals surface area (Å²) in [5.74, 6) is -1.20. The van der Waals surface area contributed by atoms with Crippen molar-refractivity contribution in [2.45, 2.75) is 37.2 Å². The number of methoxy groups -OCH3 is 1. The summed E-state index contributed by atoms with van der Waals surface area (Å²) in [5, 5.41) is 3.47. The summed E-state index contributed by atoms with van der Waals surface area (Å²) in [5.41, 5.74) is 1.44. The standard InChI is InChI=1S/C34H34Cl2FN3O5S/c1-3-19-38-34(42)32(21-24-7-5-4-6-8-24)39(22-25-9-18-30(35)31(36)20-25)33(41)23-40(27-12-10-26(37)11-13-27)46(43,44)29-16-14-28(45-2)15-17-29/h4-18,20,32H,3,19,21-23H2,1-2H3,(H,38,42)/t32-/m1/s1. The molecule has 0 saturated carbocycles. The Morgan fingerprint density at radius 3 is 2.17 bits per heavy atom. The Bertz CT molecular complexity index is 1740. The van der Waals surface area contributed by atoms with Crippen LogP contribution in [0.1, 0.15) is 24.5 Å². The minimum absolute atomic E-state index is 0.0649. The van der Waals surface area contributed by atoms with Crippen LogP contribution in [-0.4, -0.2) is 51.4 Å². The predicted octanol–water partition coefficient (Wildman–Crippen LogP) is 6.50. The molecule has 0 heterocycles. The van der Waals surface area contributed by atoms with E-state index in [0.29, 0.717) is 29.3 Å². The lowest BCUT2D eigenvalue weighted by Crippen LogP contribution is -2.53. The molecule has 0 aliphatic heterocycles. The Labute approximate surface area is 278 Å². The summed E-state index contributed by atoms with van der Waals surface area (Å²) in [4.78, 5) is 29.4. The molecule has 12 heteroatoms. The van der Waals surface area contributed by atoms with Gasteiger partial charge in [0.2, 0.25) is 11.8 Å². The maximum atomic E-state index is 14.4. The molecule has 0 saturated heterocycles. The Morgan fingerprint density at radius 2 is 1.57 bits per heavy atom. The van der Waals surface area contributed by atoms with Gasteiger partial charge in [0.15, 0.2) is 0 Å². The molecule has 0 aromatic heterocycles. The van der Waals surface area contributed by atoms with Gasteiger partial charge in [-0.2, -0.15) is 0 Å². The number of hydrogen-bond donors (Lipinski definition) is 1. The third-order valence-corrected chi connectivity index (χ3v) is 9.73. The van der Waals surface area contributed by atoms with Gasteiger partial charge in [0, 0.05) is 19.5 Å². The highest BCUT2D eigenvalue weighted by atomic mass is 35.5. The number of rotatable bonds is 14. The first-order chi connectivity index (χ1) is 22.0.